The van der Waals surface area contributed by atoms with E-state index < -0.39 is 5.41 Å². The van der Waals surface area contributed by atoms with Gasteiger partial charge in [0.1, 0.15) is 5.41 Å². The van der Waals surface area contributed by atoms with Crippen LogP contribution in [0.2, 0.25) is 0 Å². The molecule has 0 aromatic heterocycles. The van der Waals surface area contributed by atoms with E-state index in [1.54, 1.807) is 0 Å². The molecule has 1 amide bonds. The van der Waals surface area contributed by atoms with Crippen LogP contribution in [0.3, 0.4) is 0 Å². The lowest BCUT2D eigenvalue weighted by atomic mass is 9.62. The van der Waals surface area contributed by atoms with Gasteiger partial charge in [-0.25, -0.2) is 0 Å². The molecule has 0 unspecified atom stereocenters. The zero-order chi connectivity index (χ0) is 12.5. The Morgan fingerprint density at radius 1 is 1.41 bits per heavy atom. The van der Waals surface area contributed by atoms with Gasteiger partial charge in [0.15, 0.2) is 0 Å². The fourth-order valence-electron chi connectivity index (χ4n) is 2.80. The molecular formula is C13H20N2O2. The SMILES string of the molecule is CC1CC(C#N)(C(=O)NC2(C)CCOCC2)C1. The lowest BCUT2D eigenvalue weighted by molar-refractivity contribution is -0.137. The van der Waals surface area contributed by atoms with Crippen LogP contribution in [0.25, 0.3) is 0 Å². The van der Waals surface area contributed by atoms with Gasteiger partial charge >= 0.3 is 0 Å². The molecule has 1 saturated heterocycles. The van der Waals surface area contributed by atoms with Crippen molar-refractivity contribution in [1.29, 1.82) is 5.26 Å². The second kappa shape index (κ2) is 4.30. The second-order valence-electron chi connectivity index (χ2n) is 5.83. The van der Waals surface area contributed by atoms with Gasteiger partial charge in [-0.2, -0.15) is 5.26 Å². The second-order valence-corrected chi connectivity index (χ2v) is 5.83. The van der Waals surface area contributed by atoms with E-state index in [1.165, 1.54) is 0 Å². The largest absolute Gasteiger partial charge is 0.381 e. The van der Waals surface area contributed by atoms with Crippen LogP contribution in [0.15, 0.2) is 0 Å². The Bertz CT molecular complexity index is 347. The van der Waals surface area contributed by atoms with Gasteiger partial charge in [-0.05, 0) is 38.5 Å². The smallest absolute Gasteiger partial charge is 0.240 e. The highest BCUT2D eigenvalue weighted by molar-refractivity contribution is 5.87. The molecule has 0 aromatic carbocycles. The summed E-state index contributed by atoms with van der Waals surface area (Å²) in [6.45, 7) is 5.50. The van der Waals surface area contributed by atoms with E-state index >= 15 is 0 Å². The maximum absolute atomic E-state index is 12.2. The van der Waals surface area contributed by atoms with Crippen LogP contribution in [-0.4, -0.2) is 24.7 Å². The standard InChI is InChI=1S/C13H20N2O2/c1-10-7-13(8-10,9-14)11(16)15-12(2)3-5-17-6-4-12/h10H,3-8H2,1-2H3,(H,15,16). The first-order valence-electron chi connectivity index (χ1n) is 6.31. The summed E-state index contributed by atoms with van der Waals surface area (Å²) in [6, 6.07) is 2.21. The molecule has 17 heavy (non-hydrogen) atoms. The number of nitrogens with zero attached hydrogens (tertiary/aromatic N) is 1. The molecule has 2 rings (SSSR count). The van der Waals surface area contributed by atoms with Crippen molar-refractivity contribution in [3.05, 3.63) is 0 Å². The lowest BCUT2D eigenvalue weighted by Crippen LogP contribution is -2.57. The van der Waals surface area contributed by atoms with Crippen molar-refractivity contribution in [2.24, 2.45) is 11.3 Å². The number of ether oxygens (including phenoxy) is 1. The zero-order valence-corrected chi connectivity index (χ0v) is 10.6. The number of nitriles is 1. The predicted octanol–water partition coefficient (Wildman–Crippen LogP) is 1.61. The van der Waals surface area contributed by atoms with Gasteiger partial charge in [0.2, 0.25) is 5.91 Å². The molecule has 0 bridgehead atoms. The minimum Gasteiger partial charge on any atom is -0.381 e. The van der Waals surface area contributed by atoms with Gasteiger partial charge in [-0.1, -0.05) is 6.92 Å². The van der Waals surface area contributed by atoms with Gasteiger partial charge < -0.3 is 10.1 Å². The third-order valence-electron chi connectivity index (χ3n) is 4.05. The Hall–Kier alpha value is -1.08. The predicted molar refractivity (Wildman–Crippen MR) is 63.0 cm³/mol. The van der Waals surface area contributed by atoms with Crippen LogP contribution >= 0.6 is 0 Å². The van der Waals surface area contributed by atoms with Crippen molar-refractivity contribution < 1.29 is 9.53 Å². The molecule has 1 heterocycles. The molecule has 0 spiro atoms. The Balaban J connectivity index is 1.99. The van der Waals surface area contributed by atoms with Gasteiger partial charge in [0, 0.05) is 18.8 Å². The Kier molecular flexibility index (Phi) is 3.13. The van der Waals surface area contributed by atoms with E-state index in [0.717, 1.165) is 12.8 Å². The Morgan fingerprint density at radius 2 is 2.00 bits per heavy atom. The molecule has 1 aliphatic carbocycles. The average molecular weight is 236 g/mol. The summed E-state index contributed by atoms with van der Waals surface area (Å²) in [5.74, 6) is 0.408. The monoisotopic (exact) mass is 236 g/mol. The minimum atomic E-state index is -0.763. The summed E-state index contributed by atoms with van der Waals surface area (Å²) < 4.78 is 5.30. The summed E-state index contributed by atoms with van der Waals surface area (Å²) in [5.41, 5.74) is -0.960. The molecule has 4 heteroatoms. The van der Waals surface area contributed by atoms with Crippen LogP contribution in [0.5, 0.6) is 0 Å². The van der Waals surface area contributed by atoms with Crippen molar-refractivity contribution in [3.8, 4) is 6.07 Å². The first-order chi connectivity index (χ1) is 8.00. The van der Waals surface area contributed by atoms with E-state index in [0.29, 0.717) is 32.0 Å². The lowest BCUT2D eigenvalue weighted by Gasteiger charge is -2.43. The molecule has 0 atom stereocenters. The maximum atomic E-state index is 12.2. The number of amides is 1. The average Bonchev–Trinajstić information content (AvgIpc) is 2.24. The fraction of sp³-hybridized carbons (Fsp3) is 0.846. The van der Waals surface area contributed by atoms with E-state index in [4.69, 9.17) is 4.74 Å². The number of carbonyl (C=O) groups excluding carboxylic acids is 1. The van der Waals surface area contributed by atoms with Crippen LogP contribution in [0, 0.1) is 22.7 Å². The molecular weight excluding hydrogens is 216 g/mol. The number of hydrogen-bond acceptors (Lipinski definition) is 3. The van der Waals surface area contributed by atoms with Crippen molar-refractivity contribution in [1.82, 2.24) is 5.32 Å². The quantitative estimate of drug-likeness (QED) is 0.792. The van der Waals surface area contributed by atoms with E-state index in [2.05, 4.69) is 18.3 Å². The maximum Gasteiger partial charge on any atom is 0.240 e. The fourth-order valence-corrected chi connectivity index (χ4v) is 2.80. The number of rotatable bonds is 2. The van der Waals surface area contributed by atoms with Crippen LogP contribution < -0.4 is 5.32 Å². The van der Waals surface area contributed by atoms with Crippen molar-refractivity contribution in [2.45, 2.75) is 45.1 Å². The topological polar surface area (TPSA) is 62.1 Å². The van der Waals surface area contributed by atoms with Crippen LogP contribution in [-0.2, 0) is 9.53 Å². The van der Waals surface area contributed by atoms with Crippen molar-refractivity contribution in [3.63, 3.8) is 0 Å². The highest BCUT2D eigenvalue weighted by Gasteiger charge is 2.50. The first kappa shape index (κ1) is 12.4. The third kappa shape index (κ3) is 2.30. The molecule has 0 aromatic rings. The summed E-state index contributed by atoms with van der Waals surface area (Å²) >= 11 is 0. The highest BCUT2D eigenvalue weighted by atomic mass is 16.5. The Labute approximate surface area is 102 Å². The van der Waals surface area contributed by atoms with Gasteiger partial charge in [-0.3, -0.25) is 4.79 Å². The summed E-state index contributed by atoms with van der Waals surface area (Å²) in [5, 5.41) is 12.3. The van der Waals surface area contributed by atoms with Crippen LogP contribution in [0.1, 0.15) is 39.5 Å². The molecule has 0 radical (unpaired) electrons. The van der Waals surface area contributed by atoms with Gasteiger partial charge in [-0.15, -0.1) is 0 Å². The molecule has 1 aliphatic heterocycles. The molecule has 2 fully saturated rings. The number of carbonyl (C=O) groups is 1. The van der Waals surface area contributed by atoms with E-state index in [1.807, 2.05) is 6.92 Å². The highest BCUT2D eigenvalue weighted by Crippen LogP contribution is 2.45. The molecule has 94 valence electrons. The summed E-state index contributed by atoms with van der Waals surface area (Å²) in [4.78, 5) is 12.2. The third-order valence-corrected chi connectivity index (χ3v) is 4.05. The normalized spacial score (nSPS) is 35.5. The zero-order valence-electron chi connectivity index (χ0n) is 10.6. The number of nitrogens with one attached hydrogen (secondary N) is 1. The molecule has 1 saturated carbocycles. The van der Waals surface area contributed by atoms with Crippen molar-refractivity contribution >= 4 is 5.91 Å². The van der Waals surface area contributed by atoms with Gasteiger partial charge in [0.05, 0.1) is 6.07 Å². The minimum absolute atomic E-state index is 0.0810. The van der Waals surface area contributed by atoms with Crippen molar-refractivity contribution in [2.75, 3.05) is 13.2 Å². The summed E-state index contributed by atoms with van der Waals surface area (Å²) in [6.07, 6.45) is 3.05. The van der Waals surface area contributed by atoms with E-state index in [-0.39, 0.29) is 11.4 Å². The molecule has 1 N–H and O–H groups in total. The van der Waals surface area contributed by atoms with Gasteiger partial charge in [0.25, 0.3) is 0 Å². The first-order valence-corrected chi connectivity index (χ1v) is 6.31. The summed E-state index contributed by atoms with van der Waals surface area (Å²) in [7, 11) is 0. The van der Waals surface area contributed by atoms with E-state index in [9.17, 15) is 10.1 Å². The number of hydrogen-bond donors (Lipinski definition) is 1. The Morgan fingerprint density at radius 3 is 2.47 bits per heavy atom. The molecule has 4 nitrogen and oxygen atoms in total. The molecule has 2 aliphatic rings. The van der Waals surface area contributed by atoms with Crippen LogP contribution in [0.4, 0.5) is 0 Å².